The van der Waals surface area contributed by atoms with Gasteiger partial charge >= 0.3 is 0 Å². The van der Waals surface area contributed by atoms with E-state index in [1.165, 1.54) is 0 Å². The van der Waals surface area contributed by atoms with Gasteiger partial charge in [-0.25, -0.2) is 13.1 Å². The molecule has 1 heterocycles. The molecule has 164 valence electrons. The van der Waals surface area contributed by atoms with E-state index in [9.17, 15) is 13.2 Å². The lowest BCUT2D eigenvalue weighted by Gasteiger charge is -2.24. The Morgan fingerprint density at radius 1 is 1.13 bits per heavy atom. The summed E-state index contributed by atoms with van der Waals surface area (Å²) in [5, 5.41) is 4.09. The average Bonchev–Trinajstić information content (AvgIpc) is 2.66. The van der Waals surface area contributed by atoms with Gasteiger partial charge in [-0.05, 0) is 58.1 Å². The molecule has 1 fully saturated rings. The molecule has 1 aliphatic heterocycles. The van der Waals surface area contributed by atoms with E-state index in [4.69, 9.17) is 10.5 Å². The highest BCUT2D eigenvalue weighted by Crippen LogP contribution is 2.30. The van der Waals surface area contributed by atoms with E-state index >= 15 is 0 Å². The summed E-state index contributed by atoms with van der Waals surface area (Å²) >= 11 is 0. The van der Waals surface area contributed by atoms with E-state index in [1.807, 2.05) is 0 Å². The molecule has 0 radical (unpaired) electrons. The van der Waals surface area contributed by atoms with Crippen molar-refractivity contribution < 1.29 is 17.9 Å². The Labute approximate surface area is 178 Å². The maximum atomic E-state index is 12.9. The molecular weight excluding hydrogens is 402 g/mol. The van der Waals surface area contributed by atoms with Crippen molar-refractivity contribution in [2.45, 2.75) is 56.5 Å². The predicted octanol–water partition coefficient (Wildman–Crippen LogP) is 3.00. The smallest absolute Gasteiger partial charge is 0.241 e. The monoisotopic (exact) mass is 433 g/mol. The van der Waals surface area contributed by atoms with E-state index in [1.54, 1.807) is 57.2 Å². The molecule has 0 saturated carbocycles. The van der Waals surface area contributed by atoms with Crippen LogP contribution in [0.5, 0.6) is 0 Å². The third kappa shape index (κ3) is 5.57. The molecule has 1 unspecified atom stereocenters. The summed E-state index contributed by atoms with van der Waals surface area (Å²) in [4.78, 5) is 12.9. The van der Waals surface area contributed by atoms with Crippen LogP contribution in [0.2, 0.25) is 0 Å². The van der Waals surface area contributed by atoms with Crippen LogP contribution in [0.3, 0.4) is 0 Å². The summed E-state index contributed by atoms with van der Waals surface area (Å²) in [7, 11) is -3.72. The van der Waals surface area contributed by atoms with Crippen LogP contribution in [-0.4, -0.2) is 39.1 Å². The van der Waals surface area contributed by atoms with Gasteiger partial charge in [0, 0.05) is 35.2 Å². The molecule has 1 atom stereocenters. The van der Waals surface area contributed by atoms with Crippen LogP contribution in [0, 0.1) is 5.92 Å². The summed E-state index contributed by atoms with van der Waals surface area (Å²) in [6.07, 6.45) is 2.43. The second-order valence-electron chi connectivity index (χ2n) is 8.90. The number of anilines is 1. The third-order valence-corrected chi connectivity index (χ3v) is 6.95. The largest absolute Gasteiger partial charge is 0.381 e. The summed E-state index contributed by atoms with van der Waals surface area (Å²) in [5.41, 5.74) is 6.09. The van der Waals surface area contributed by atoms with Crippen molar-refractivity contribution in [3.63, 3.8) is 0 Å². The quantitative estimate of drug-likeness (QED) is 0.649. The Morgan fingerprint density at radius 2 is 1.77 bits per heavy atom. The fourth-order valence-electron chi connectivity index (χ4n) is 3.76. The van der Waals surface area contributed by atoms with Gasteiger partial charge in [-0.2, -0.15) is 0 Å². The molecule has 7 nitrogen and oxygen atoms in total. The van der Waals surface area contributed by atoms with Crippen LogP contribution in [0.25, 0.3) is 10.8 Å². The molecular formula is C22H31N3O4S. The molecule has 2 aromatic carbocycles. The number of carbonyl (C=O) groups is 1. The van der Waals surface area contributed by atoms with Crippen LogP contribution in [0.1, 0.15) is 40.0 Å². The van der Waals surface area contributed by atoms with E-state index in [0.717, 1.165) is 12.8 Å². The fourth-order valence-corrected chi connectivity index (χ4v) is 5.40. The van der Waals surface area contributed by atoms with Crippen molar-refractivity contribution in [2.24, 2.45) is 11.7 Å². The molecule has 2 aromatic rings. The highest BCUT2D eigenvalue weighted by atomic mass is 32.2. The minimum atomic E-state index is -3.72. The summed E-state index contributed by atoms with van der Waals surface area (Å²) < 4.78 is 33.8. The van der Waals surface area contributed by atoms with E-state index < -0.39 is 21.6 Å². The average molecular weight is 434 g/mol. The van der Waals surface area contributed by atoms with Gasteiger partial charge in [-0.1, -0.05) is 24.3 Å². The first-order valence-electron chi connectivity index (χ1n) is 10.3. The Hall–Kier alpha value is -2.00. The summed E-state index contributed by atoms with van der Waals surface area (Å²) in [6, 6.07) is 9.65. The molecule has 8 heteroatoms. The normalized spacial score (nSPS) is 17.1. The first-order chi connectivity index (χ1) is 14.1. The summed E-state index contributed by atoms with van der Waals surface area (Å²) in [6.45, 7) is 6.80. The van der Waals surface area contributed by atoms with Gasteiger partial charge in [-0.3, -0.25) is 4.79 Å². The molecule has 30 heavy (non-hydrogen) atoms. The van der Waals surface area contributed by atoms with Gasteiger partial charge < -0.3 is 15.8 Å². The van der Waals surface area contributed by atoms with Crippen molar-refractivity contribution in [1.82, 2.24) is 4.72 Å². The van der Waals surface area contributed by atoms with Gasteiger partial charge in [0.25, 0.3) is 0 Å². The molecule has 1 saturated heterocycles. The lowest BCUT2D eigenvalue weighted by Crippen LogP contribution is -2.40. The number of hydrogen-bond donors (Lipinski definition) is 3. The Morgan fingerprint density at radius 3 is 2.43 bits per heavy atom. The first kappa shape index (κ1) is 22.7. The van der Waals surface area contributed by atoms with E-state index in [2.05, 4.69) is 10.0 Å². The number of rotatable bonds is 6. The van der Waals surface area contributed by atoms with Gasteiger partial charge in [0.05, 0.1) is 10.9 Å². The van der Waals surface area contributed by atoms with Crippen molar-refractivity contribution in [3.05, 3.63) is 36.4 Å². The lowest BCUT2D eigenvalue weighted by molar-refractivity contribution is -0.117. The van der Waals surface area contributed by atoms with Crippen molar-refractivity contribution in [1.29, 1.82) is 0 Å². The molecule has 0 bridgehead atoms. The Kier molecular flexibility index (Phi) is 6.81. The second-order valence-corrected chi connectivity index (χ2v) is 10.6. The summed E-state index contributed by atoms with van der Waals surface area (Å²) in [5.74, 6) is 0.113. The lowest BCUT2D eigenvalue weighted by atomic mass is 9.92. The van der Waals surface area contributed by atoms with Crippen molar-refractivity contribution in [3.8, 4) is 0 Å². The number of ether oxygens (including phenoxy) is 1. The molecule has 1 aliphatic rings. The fraction of sp³-hybridized carbons (Fsp3) is 0.500. The number of nitrogens with one attached hydrogen (secondary N) is 2. The van der Waals surface area contributed by atoms with Crippen LogP contribution in [0.15, 0.2) is 41.3 Å². The molecule has 1 amide bonds. The number of sulfonamides is 1. The van der Waals surface area contributed by atoms with E-state index in [-0.39, 0.29) is 10.8 Å². The first-order valence-corrected chi connectivity index (χ1v) is 11.7. The Bertz CT molecular complexity index is 1010. The van der Waals surface area contributed by atoms with Crippen molar-refractivity contribution in [2.75, 3.05) is 18.5 Å². The van der Waals surface area contributed by atoms with Gasteiger partial charge in [0.2, 0.25) is 15.9 Å². The highest BCUT2D eigenvalue weighted by molar-refractivity contribution is 7.89. The van der Waals surface area contributed by atoms with E-state index in [0.29, 0.717) is 42.0 Å². The van der Waals surface area contributed by atoms with Crippen LogP contribution in [0.4, 0.5) is 5.69 Å². The number of benzene rings is 2. The predicted molar refractivity (Wildman–Crippen MR) is 119 cm³/mol. The number of hydrogen-bond acceptors (Lipinski definition) is 5. The molecule has 3 rings (SSSR count). The van der Waals surface area contributed by atoms with Crippen LogP contribution in [-0.2, 0) is 19.6 Å². The number of nitrogens with two attached hydrogens (primary N) is 1. The maximum absolute atomic E-state index is 12.9. The minimum absolute atomic E-state index is 0.178. The molecule has 0 spiro atoms. The SMILES string of the molecule is CC(C)(C)NS(=O)(=O)c1cccc2c(NC(=O)C(N)CC3CCOCC3)cccc12. The van der Waals surface area contributed by atoms with Gasteiger partial charge in [-0.15, -0.1) is 0 Å². The zero-order valence-electron chi connectivity index (χ0n) is 17.8. The standard InChI is InChI=1S/C22H31N3O4S/c1-22(2,3)25-30(27,28)20-9-5-6-16-17(20)7-4-8-19(16)24-21(26)18(23)14-15-10-12-29-13-11-15/h4-9,15,18,25H,10-14,23H2,1-3H3,(H,24,26). The topological polar surface area (TPSA) is 111 Å². The van der Waals surface area contributed by atoms with Crippen LogP contribution >= 0.6 is 0 Å². The number of amides is 1. The highest BCUT2D eigenvalue weighted by Gasteiger charge is 2.25. The van der Waals surface area contributed by atoms with Gasteiger partial charge in [0.1, 0.15) is 0 Å². The minimum Gasteiger partial charge on any atom is -0.381 e. The number of fused-ring (bicyclic) bond motifs is 1. The molecule has 0 aromatic heterocycles. The third-order valence-electron chi connectivity index (χ3n) is 5.13. The maximum Gasteiger partial charge on any atom is 0.241 e. The van der Waals surface area contributed by atoms with Crippen molar-refractivity contribution >= 4 is 32.4 Å². The zero-order valence-corrected chi connectivity index (χ0v) is 18.6. The molecule has 0 aliphatic carbocycles. The van der Waals surface area contributed by atoms with Crippen LogP contribution < -0.4 is 15.8 Å². The number of carbonyl (C=O) groups excluding carboxylic acids is 1. The second kappa shape index (κ2) is 9.01. The molecule has 4 N–H and O–H groups in total. The zero-order chi connectivity index (χ0) is 21.9. The Balaban J connectivity index is 1.84. The van der Waals surface area contributed by atoms with Gasteiger partial charge in [0.15, 0.2) is 0 Å².